The molecule has 24 heavy (non-hydrogen) atoms. The number of hydrogen-bond acceptors (Lipinski definition) is 5. The molecule has 2 heterocycles. The van der Waals surface area contributed by atoms with Crippen molar-refractivity contribution in [2.75, 3.05) is 0 Å². The van der Waals surface area contributed by atoms with Gasteiger partial charge in [-0.15, -0.1) is 5.10 Å². The van der Waals surface area contributed by atoms with Gasteiger partial charge in [0.1, 0.15) is 5.78 Å². The highest BCUT2D eigenvalue weighted by molar-refractivity contribution is 5.84. The van der Waals surface area contributed by atoms with Crippen molar-refractivity contribution in [2.45, 2.75) is 91.5 Å². The summed E-state index contributed by atoms with van der Waals surface area (Å²) in [4.78, 5) is 11.1. The molecule has 0 amide bonds. The van der Waals surface area contributed by atoms with Gasteiger partial charge in [0, 0.05) is 25.2 Å². The molecule has 0 spiro atoms. The third-order valence-corrected chi connectivity index (χ3v) is 4.76. The Morgan fingerprint density at radius 3 is 2.17 bits per heavy atom. The molecule has 1 aliphatic heterocycles. The molecule has 3 rings (SSSR count). The molecule has 6 nitrogen and oxygen atoms in total. The standard InChI is InChI=1S/C8H14N4.C8H14O.C2H3N/c1-8(2)6-4-3-5-7-9-10-11-12(7)8;1-8(2)6-4-3-5-7(8)9;1-2-3/h3-6H2,1-2H3;3-6H2,1-2H3;1H3. The van der Waals surface area contributed by atoms with E-state index in [1.54, 1.807) is 6.07 Å². The van der Waals surface area contributed by atoms with Crippen LogP contribution in [-0.4, -0.2) is 26.0 Å². The molecule has 0 bridgehead atoms. The molecule has 0 atom stereocenters. The smallest absolute Gasteiger partial charge is 0.151 e. The second-order valence-electron chi connectivity index (χ2n) is 7.76. The lowest BCUT2D eigenvalue weighted by molar-refractivity contribution is -0.129. The van der Waals surface area contributed by atoms with Crippen LogP contribution in [0.3, 0.4) is 0 Å². The van der Waals surface area contributed by atoms with Crippen LogP contribution in [0.1, 0.15) is 85.4 Å². The molecule has 1 saturated carbocycles. The van der Waals surface area contributed by atoms with Crippen LogP contribution >= 0.6 is 0 Å². The molecular formula is C18H31N5O. The molecule has 0 unspecified atom stereocenters. The number of nitriles is 1. The number of aromatic nitrogens is 4. The third-order valence-electron chi connectivity index (χ3n) is 4.76. The zero-order chi connectivity index (χ0) is 18.2. The van der Waals surface area contributed by atoms with Crippen molar-refractivity contribution >= 4 is 5.78 Å². The second-order valence-corrected chi connectivity index (χ2v) is 7.76. The fourth-order valence-corrected chi connectivity index (χ4v) is 3.11. The van der Waals surface area contributed by atoms with Crippen molar-refractivity contribution in [2.24, 2.45) is 5.41 Å². The first-order valence-corrected chi connectivity index (χ1v) is 8.86. The number of hydrogen-bond donors (Lipinski definition) is 0. The van der Waals surface area contributed by atoms with E-state index >= 15 is 0 Å². The molecular weight excluding hydrogens is 302 g/mol. The monoisotopic (exact) mass is 333 g/mol. The lowest BCUT2D eigenvalue weighted by atomic mass is 9.76. The van der Waals surface area contributed by atoms with E-state index in [1.165, 1.54) is 32.6 Å². The minimum atomic E-state index is -0.00174. The summed E-state index contributed by atoms with van der Waals surface area (Å²) in [5.74, 6) is 1.49. The van der Waals surface area contributed by atoms with Gasteiger partial charge in [-0.1, -0.05) is 26.7 Å². The Kier molecular flexibility index (Phi) is 7.53. The zero-order valence-corrected chi connectivity index (χ0v) is 15.8. The summed E-state index contributed by atoms with van der Waals surface area (Å²) >= 11 is 0. The van der Waals surface area contributed by atoms with Crippen molar-refractivity contribution in [3.63, 3.8) is 0 Å². The van der Waals surface area contributed by atoms with E-state index in [1.807, 2.05) is 4.68 Å². The number of carbonyl (C=O) groups is 1. The number of rotatable bonds is 0. The molecule has 1 aliphatic carbocycles. The van der Waals surface area contributed by atoms with Crippen LogP contribution in [0.15, 0.2) is 0 Å². The number of ketones is 1. The predicted octanol–water partition coefficient (Wildman–Crippen LogP) is 3.82. The molecule has 134 valence electrons. The molecule has 1 aromatic heterocycles. The maximum Gasteiger partial charge on any atom is 0.151 e. The average Bonchev–Trinajstić information content (AvgIpc) is 2.93. The maximum absolute atomic E-state index is 11.1. The Hall–Kier alpha value is -1.77. The van der Waals surface area contributed by atoms with Crippen molar-refractivity contribution in [3.8, 4) is 6.07 Å². The summed E-state index contributed by atoms with van der Waals surface area (Å²) in [5, 5.41) is 19.1. The fourth-order valence-electron chi connectivity index (χ4n) is 3.11. The Labute approximate surface area is 145 Å². The van der Waals surface area contributed by atoms with Gasteiger partial charge in [0.05, 0.1) is 11.6 Å². The van der Waals surface area contributed by atoms with Crippen LogP contribution in [0, 0.1) is 16.7 Å². The highest BCUT2D eigenvalue weighted by Gasteiger charge is 2.29. The van der Waals surface area contributed by atoms with E-state index in [-0.39, 0.29) is 11.0 Å². The minimum Gasteiger partial charge on any atom is -0.299 e. The van der Waals surface area contributed by atoms with Crippen LogP contribution in [0.25, 0.3) is 0 Å². The number of carbonyl (C=O) groups excluding carboxylic acids is 1. The molecule has 0 saturated heterocycles. The van der Waals surface area contributed by atoms with E-state index < -0.39 is 0 Å². The molecule has 0 N–H and O–H groups in total. The molecule has 2 aliphatic rings. The lowest BCUT2D eigenvalue weighted by Crippen LogP contribution is -2.27. The van der Waals surface area contributed by atoms with Crippen molar-refractivity contribution in [3.05, 3.63) is 5.82 Å². The topological polar surface area (TPSA) is 84.5 Å². The fraction of sp³-hybridized carbons (Fsp3) is 0.833. The Morgan fingerprint density at radius 2 is 1.62 bits per heavy atom. The van der Waals surface area contributed by atoms with Gasteiger partial charge in [0.2, 0.25) is 0 Å². The van der Waals surface area contributed by atoms with Gasteiger partial charge in [0.15, 0.2) is 5.82 Å². The van der Waals surface area contributed by atoms with Gasteiger partial charge in [-0.05, 0) is 50.0 Å². The van der Waals surface area contributed by atoms with E-state index in [2.05, 4.69) is 43.2 Å². The van der Waals surface area contributed by atoms with Crippen molar-refractivity contribution in [1.82, 2.24) is 20.2 Å². The summed E-state index contributed by atoms with van der Waals surface area (Å²) < 4.78 is 1.97. The molecule has 6 heteroatoms. The van der Waals surface area contributed by atoms with Crippen LogP contribution in [0.5, 0.6) is 0 Å². The molecule has 1 fully saturated rings. The number of nitrogens with zero attached hydrogens (tertiary/aromatic N) is 5. The minimum absolute atomic E-state index is 0.00174. The average molecular weight is 333 g/mol. The Morgan fingerprint density at radius 1 is 1.04 bits per heavy atom. The molecule has 0 radical (unpaired) electrons. The summed E-state index contributed by atoms with van der Waals surface area (Å²) in [6.07, 6.45) is 8.92. The number of aryl methyl sites for hydroxylation is 1. The van der Waals surface area contributed by atoms with Crippen molar-refractivity contribution < 1.29 is 4.79 Å². The van der Waals surface area contributed by atoms with Crippen LogP contribution in [0.2, 0.25) is 0 Å². The van der Waals surface area contributed by atoms with Gasteiger partial charge in [0.25, 0.3) is 0 Å². The Bertz CT molecular complexity index is 568. The maximum atomic E-state index is 11.1. The van der Waals surface area contributed by atoms with E-state index in [9.17, 15) is 4.79 Å². The van der Waals surface area contributed by atoms with Gasteiger partial charge in [-0.2, -0.15) is 5.26 Å². The summed E-state index contributed by atoms with van der Waals surface area (Å²) in [5.41, 5.74) is 0.105. The lowest BCUT2D eigenvalue weighted by Gasteiger charge is -2.27. The summed E-state index contributed by atoms with van der Waals surface area (Å²) in [6, 6.07) is 1.75. The second kappa shape index (κ2) is 8.91. The van der Waals surface area contributed by atoms with Crippen LogP contribution in [-0.2, 0) is 16.8 Å². The highest BCUT2D eigenvalue weighted by Crippen LogP contribution is 2.31. The summed E-state index contributed by atoms with van der Waals surface area (Å²) in [7, 11) is 0. The third kappa shape index (κ3) is 5.70. The SMILES string of the molecule is CC#N.CC1(C)CCCCC1=O.CC1(C)CCCCc2nnnn21. The molecule has 1 aromatic rings. The normalized spacial score (nSPS) is 20.9. The largest absolute Gasteiger partial charge is 0.299 e. The van der Waals surface area contributed by atoms with Crippen molar-refractivity contribution in [1.29, 1.82) is 5.26 Å². The first kappa shape index (κ1) is 20.3. The van der Waals surface area contributed by atoms with Crippen LogP contribution < -0.4 is 0 Å². The number of fused-ring (bicyclic) bond motifs is 1. The van der Waals surface area contributed by atoms with Gasteiger partial charge >= 0.3 is 0 Å². The van der Waals surface area contributed by atoms with Crippen LogP contribution in [0.4, 0.5) is 0 Å². The molecule has 0 aromatic carbocycles. The number of tetrazole rings is 1. The first-order valence-electron chi connectivity index (χ1n) is 8.86. The van der Waals surface area contributed by atoms with E-state index in [0.29, 0.717) is 5.78 Å². The van der Waals surface area contributed by atoms with Gasteiger partial charge in [-0.25, -0.2) is 4.68 Å². The summed E-state index contributed by atoms with van der Waals surface area (Å²) in [6.45, 7) is 9.92. The van der Waals surface area contributed by atoms with Gasteiger partial charge in [-0.3, -0.25) is 4.79 Å². The quantitative estimate of drug-likeness (QED) is 0.720. The van der Waals surface area contributed by atoms with E-state index in [4.69, 9.17) is 5.26 Å². The zero-order valence-electron chi connectivity index (χ0n) is 15.8. The highest BCUT2D eigenvalue weighted by atomic mass is 16.1. The van der Waals surface area contributed by atoms with Gasteiger partial charge < -0.3 is 0 Å². The Balaban J connectivity index is 0.000000213. The number of Topliss-reactive ketones (excluding diaryl/α,β-unsaturated/α-hetero) is 1. The van der Waals surface area contributed by atoms with E-state index in [0.717, 1.165) is 31.5 Å². The first-order chi connectivity index (χ1) is 11.2. The predicted molar refractivity (Wildman–Crippen MR) is 93.2 cm³/mol.